The van der Waals surface area contributed by atoms with Crippen LogP contribution in [0.15, 0.2) is 54.6 Å². The Morgan fingerprint density at radius 1 is 1.46 bits per heavy atom. The van der Waals surface area contributed by atoms with Crippen molar-refractivity contribution in [2.45, 2.75) is 25.9 Å². The molecule has 1 heterocycles. The van der Waals surface area contributed by atoms with Crippen molar-refractivity contribution in [3.63, 3.8) is 0 Å². The Morgan fingerprint density at radius 3 is 2.50 bits per heavy atom. The third kappa shape index (κ3) is 5.89. The van der Waals surface area contributed by atoms with Crippen LogP contribution in [0.4, 0.5) is 4.79 Å². The van der Waals surface area contributed by atoms with E-state index in [1.807, 2.05) is 37.3 Å². The molecule has 0 saturated heterocycles. The molecule has 0 aliphatic carbocycles. The number of hydrogen-bond acceptors (Lipinski definition) is 4. The van der Waals surface area contributed by atoms with Crippen LogP contribution in [-0.4, -0.2) is 41.3 Å². The maximum atomic E-state index is 11.4. The molecule has 0 fully saturated rings. The predicted molar refractivity (Wildman–Crippen MR) is 92.5 cm³/mol. The Kier molecular flexibility index (Phi) is 7.71. The van der Waals surface area contributed by atoms with Crippen molar-refractivity contribution in [3.8, 4) is 0 Å². The van der Waals surface area contributed by atoms with E-state index >= 15 is 0 Å². The number of benzene rings is 1. The summed E-state index contributed by atoms with van der Waals surface area (Å²) < 4.78 is 4.82. The smallest absolute Gasteiger partial charge is 0.410 e. The molecule has 6 heteroatoms. The number of carbonyl (C=O) groups is 2. The summed E-state index contributed by atoms with van der Waals surface area (Å²) in [7, 11) is 0. The Morgan fingerprint density at radius 2 is 2.08 bits per heavy atom. The largest absolute Gasteiger partial charge is 0.478 e. The summed E-state index contributed by atoms with van der Waals surface area (Å²) in [6.07, 6.45) is 2.48. The molecule has 2 atom stereocenters. The number of nitrogens with zero attached hydrogens (tertiary/aromatic N) is 1. The van der Waals surface area contributed by atoms with E-state index in [1.54, 1.807) is 6.92 Å². The van der Waals surface area contributed by atoms with Gasteiger partial charge >= 0.3 is 12.1 Å². The zero-order valence-corrected chi connectivity index (χ0v) is 14.0. The lowest BCUT2D eigenvalue weighted by Crippen LogP contribution is -2.35. The second-order valence-electron chi connectivity index (χ2n) is 5.43. The molecule has 3 N–H and O–H groups in total. The molecule has 1 aromatic carbocycles. The van der Waals surface area contributed by atoms with E-state index in [2.05, 4.69) is 6.58 Å². The average Bonchev–Trinajstić information content (AvgIpc) is 2.96. The van der Waals surface area contributed by atoms with Crippen molar-refractivity contribution in [1.29, 1.82) is 0 Å². The van der Waals surface area contributed by atoms with E-state index in [1.165, 1.54) is 22.6 Å². The lowest BCUT2D eigenvalue weighted by molar-refractivity contribution is -0.132. The molecule has 0 unspecified atom stereocenters. The SMILES string of the molecule is C=CCOC(=O)N1CC(C(=O)O)=C[C@@H]1C.C[C@H](N)c1ccccc1. The zero-order chi connectivity index (χ0) is 18.1. The molecule has 0 radical (unpaired) electrons. The van der Waals surface area contributed by atoms with E-state index < -0.39 is 12.1 Å². The Labute approximate surface area is 142 Å². The molecule has 1 aromatic rings. The van der Waals surface area contributed by atoms with Gasteiger partial charge in [-0.2, -0.15) is 0 Å². The standard InChI is InChI=1S/C10H13NO4.C8H11N/c1-3-4-15-10(14)11-6-8(9(12)13)5-7(11)2;1-7(9)8-5-3-2-4-6-8/h3,5,7H,1,4,6H2,2H3,(H,12,13);2-7H,9H2,1H3/t2*7-/m00/s1. The number of carboxylic acid groups (broad SMARTS) is 1. The molecule has 0 spiro atoms. The number of nitrogens with two attached hydrogens (primary N) is 1. The molecule has 1 aliphatic heterocycles. The number of hydrogen-bond donors (Lipinski definition) is 2. The van der Waals surface area contributed by atoms with Crippen molar-refractivity contribution < 1.29 is 19.4 Å². The molecule has 130 valence electrons. The van der Waals surface area contributed by atoms with Gasteiger partial charge in [-0.3, -0.25) is 4.90 Å². The maximum Gasteiger partial charge on any atom is 0.410 e. The summed E-state index contributed by atoms with van der Waals surface area (Å²) in [4.78, 5) is 23.4. The van der Waals surface area contributed by atoms with E-state index in [4.69, 9.17) is 15.6 Å². The summed E-state index contributed by atoms with van der Waals surface area (Å²) >= 11 is 0. The lowest BCUT2D eigenvalue weighted by atomic mass is 10.1. The number of ether oxygens (including phenoxy) is 1. The third-order valence-electron chi connectivity index (χ3n) is 3.43. The lowest BCUT2D eigenvalue weighted by Gasteiger charge is -2.20. The van der Waals surface area contributed by atoms with Gasteiger partial charge < -0.3 is 15.6 Å². The molecule has 0 bridgehead atoms. The first-order chi connectivity index (χ1) is 11.4. The fourth-order valence-electron chi connectivity index (χ4n) is 2.10. The molecule has 2 rings (SSSR count). The third-order valence-corrected chi connectivity index (χ3v) is 3.43. The van der Waals surface area contributed by atoms with Crippen molar-refractivity contribution in [3.05, 3.63) is 60.2 Å². The highest BCUT2D eigenvalue weighted by Gasteiger charge is 2.29. The van der Waals surface area contributed by atoms with Gasteiger partial charge in [-0.15, -0.1) is 0 Å². The number of aliphatic carboxylic acids is 1. The molecule has 6 nitrogen and oxygen atoms in total. The van der Waals surface area contributed by atoms with E-state index in [0.29, 0.717) is 0 Å². The second-order valence-corrected chi connectivity index (χ2v) is 5.43. The average molecular weight is 332 g/mol. The maximum absolute atomic E-state index is 11.4. The summed E-state index contributed by atoms with van der Waals surface area (Å²) in [5.74, 6) is -0.999. The summed E-state index contributed by atoms with van der Waals surface area (Å²) in [5, 5.41) is 8.74. The predicted octanol–water partition coefficient (Wildman–Crippen LogP) is 2.73. The van der Waals surface area contributed by atoms with Crippen LogP contribution in [0.3, 0.4) is 0 Å². The monoisotopic (exact) mass is 332 g/mol. The van der Waals surface area contributed by atoms with Crippen molar-refractivity contribution in [1.82, 2.24) is 4.90 Å². The highest BCUT2D eigenvalue weighted by atomic mass is 16.6. The minimum Gasteiger partial charge on any atom is -0.478 e. The fraction of sp³-hybridized carbons (Fsp3) is 0.333. The zero-order valence-electron chi connectivity index (χ0n) is 14.0. The van der Waals surface area contributed by atoms with E-state index in [9.17, 15) is 9.59 Å². The van der Waals surface area contributed by atoms with Gasteiger partial charge in [-0.1, -0.05) is 43.0 Å². The normalized spacial score (nSPS) is 17.2. The molecular formula is C18H24N2O4. The van der Waals surface area contributed by atoms with Gasteiger partial charge in [0.05, 0.1) is 18.2 Å². The Bertz CT molecular complexity index is 596. The van der Waals surface area contributed by atoms with Crippen LogP contribution in [0.1, 0.15) is 25.5 Å². The van der Waals surface area contributed by atoms with Crippen molar-refractivity contribution in [2.24, 2.45) is 5.73 Å². The number of rotatable bonds is 4. The fourth-order valence-corrected chi connectivity index (χ4v) is 2.10. The minimum absolute atomic E-state index is 0.0898. The van der Waals surface area contributed by atoms with Gasteiger partial charge in [0.1, 0.15) is 6.61 Å². The van der Waals surface area contributed by atoms with Gasteiger partial charge in [0.15, 0.2) is 0 Å². The molecule has 0 aromatic heterocycles. The minimum atomic E-state index is -0.999. The van der Waals surface area contributed by atoms with Crippen LogP contribution in [0, 0.1) is 0 Å². The molecule has 1 amide bonds. The number of amides is 1. The van der Waals surface area contributed by atoms with Gasteiger partial charge in [0, 0.05) is 6.04 Å². The van der Waals surface area contributed by atoms with Crippen LogP contribution < -0.4 is 5.73 Å². The second kappa shape index (κ2) is 9.52. The van der Waals surface area contributed by atoms with E-state index in [-0.39, 0.29) is 30.8 Å². The molecule has 24 heavy (non-hydrogen) atoms. The van der Waals surface area contributed by atoms with Crippen LogP contribution in [0.2, 0.25) is 0 Å². The topological polar surface area (TPSA) is 92.9 Å². The molecular weight excluding hydrogens is 308 g/mol. The quantitative estimate of drug-likeness (QED) is 0.827. The van der Waals surface area contributed by atoms with Crippen LogP contribution in [0.5, 0.6) is 0 Å². The summed E-state index contributed by atoms with van der Waals surface area (Å²) in [5.41, 5.74) is 7.03. The van der Waals surface area contributed by atoms with Crippen LogP contribution in [-0.2, 0) is 9.53 Å². The van der Waals surface area contributed by atoms with Gasteiger partial charge in [0.2, 0.25) is 0 Å². The Balaban J connectivity index is 0.000000272. The first-order valence-corrected chi connectivity index (χ1v) is 7.65. The Hall–Kier alpha value is -2.60. The number of carboxylic acids is 1. The molecule has 1 aliphatic rings. The van der Waals surface area contributed by atoms with Crippen LogP contribution in [0.25, 0.3) is 0 Å². The summed E-state index contributed by atoms with van der Waals surface area (Å²) in [6.45, 7) is 7.36. The van der Waals surface area contributed by atoms with Crippen molar-refractivity contribution >= 4 is 12.1 Å². The highest BCUT2D eigenvalue weighted by Crippen LogP contribution is 2.17. The first-order valence-electron chi connectivity index (χ1n) is 7.65. The van der Waals surface area contributed by atoms with Crippen LogP contribution >= 0.6 is 0 Å². The first kappa shape index (κ1) is 19.4. The number of carbonyl (C=O) groups excluding carboxylic acids is 1. The molecule has 0 saturated carbocycles. The van der Waals surface area contributed by atoms with Gasteiger partial charge in [-0.25, -0.2) is 9.59 Å². The van der Waals surface area contributed by atoms with Gasteiger partial charge in [-0.05, 0) is 25.5 Å². The van der Waals surface area contributed by atoms with Gasteiger partial charge in [0.25, 0.3) is 0 Å². The van der Waals surface area contributed by atoms with Crippen molar-refractivity contribution in [2.75, 3.05) is 13.2 Å². The summed E-state index contributed by atoms with van der Waals surface area (Å²) in [6, 6.07) is 9.97. The van der Waals surface area contributed by atoms with E-state index in [0.717, 1.165) is 0 Å². The highest BCUT2D eigenvalue weighted by molar-refractivity contribution is 5.89.